The topological polar surface area (TPSA) is 68.3 Å². The second kappa shape index (κ2) is 9.24. The molecular formula is C4H4F6O4S2Sn. The predicted molar refractivity (Wildman–Crippen MR) is 45.1 cm³/mol. The van der Waals surface area contributed by atoms with Crippen LogP contribution in [0.15, 0.2) is 0 Å². The second-order valence-corrected chi connectivity index (χ2v) is 3.92. The van der Waals surface area contributed by atoms with E-state index in [9.17, 15) is 43.2 Å². The summed E-state index contributed by atoms with van der Waals surface area (Å²) >= 11 is 0. The molecule has 0 saturated carbocycles. The first kappa shape index (κ1) is 22.5. The second-order valence-electron chi connectivity index (χ2n) is 2.13. The van der Waals surface area contributed by atoms with Gasteiger partial charge in [0.15, 0.2) is 0 Å². The molecule has 102 valence electrons. The normalized spacial score (nSPS) is 11.8. The molecule has 0 bridgehead atoms. The SMILES string of the molecule is O=[S-](=O)CC(F)(F)F.O=[S-](=O)CC(F)(F)F.[Sn+2]. The number of hydrogen-bond acceptors (Lipinski definition) is 6. The van der Waals surface area contributed by atoms with E-state index in [1.807, 2.05) is 0 Å². The van der Waals surface area contributed by atoms with Crippen LogP contribution in [0, 0.1) is 0 Å². The molecule has 0 aliphatic rings. The van der Waals surface area contributed by atoms with Gasteiger partial charge in [-0.2, -0.15) is 26.3 Å². The van der Waals surface area contributed by atoms with Crippen molar-refractivity contribution in [2.24, 2.45) is 0 Å². The van der Waals surface area contributed by atoms with Crippen LogP contribution in [0.1, 0.15) is 0 Å². The Balaban J connectivity index is -0.000000218. The molecule has 0 rings (SSSR count). The van der Waals surface area contributed by atoms with Crippen LogP contribution < -0.4 is 0 Å². The van der Waals surface area contributed by atoms with Crippen LogP contribution in [0.4, 0.5) is 26.3 Å². The van der Waals surface area contributed by atoms with Crippen molar-refractivity contribution >= 4 is 45.3 Å². The maximum atomic E-state index is 10.9. The fraction of sp³-hybridized carbons (Fsp3) is 1.00. The van der Waals surface area contributed by atoms with Crippen molar-refractivity contribution < 1.29 is 43.2 Å². The quantitative estimate of drug-likeness (QED) is 0.390. The Morgan fingerprint density at radius 2 is 0.824 bits per heavy atom. The number of hydrogen-bond donors (Lipinski definition) is 0. The van der Waals surface area contributed by atoms with E-state index in [4.69, 9.17) is 0 Å². The van der Waals surface area contributed by atoms with E-state index in [2.05, 4.69) is 0 Å². The minimum atomic E-state index is -4.59. The molecule has 0 N–H and O–H groups in total. The molecule has 4 nitrogen and oxygen atoms in total. The zero-order valence-electron chi connectivity index (χ0n) is 7.63. The van der Waals surface area contributed by atoms with E-state index in [0.717, 1.165) is 0 Å². The molecule has 17 heavy (non-hydrogen) atoms. The first-order valence-corrected chi connectivity index (χ1v) is 5.57. The molecule has 0 aliphatic heterocycles. The van der Waals surface area contributed by atoms with Crippen LogP contribution in [0.5, 0.6) is 0 Å². The Labute approximate surface area is 112 Å². The van der Waals surface area contributed by atoms with Gasteiger partial charge in [-0.1, -0.05) is 21.4 Å². The summed E-state index contributed by atoms with van der Waals surface area (Å²) in [6.07, 6.45) is -9.18. The van der Waals surface area contributed by atoms with Gasteiger partial charge in [-0.05, 0) is 0 Å². The van der Waals surface area contributed by atoms with E-state index in [0.29, 0.717) is 0 Å². The Bertz CT molecular complexity index is 293. The Hall–Kier alpha value is 0.279. The summed E-state index contributed by atoms with van der Waals surface area (Å²) in [6.45, 7) is 0. The summed E-state index contributed by atoms with van der Waals surface area (Å²) < 4.78 is 103. The molecule has 0 unspecified atom stereocenters. The van der Waals surface area contributed by atoms with E-state index in [-0.39, 0.29) is 23.9 Å². The van der Waals surface area contributed by atoms with Gasteiger partial charge in [-0.3, -0.25) is 0 Å². The average molecular weight is 413 g/mol. The molecule has 0 aromatic heterocycles. The fourth-order valence-electron chi connectivity index (χ4n) is 0.267. The standard InChI is InChI=1S/2C2H2F3O2S.Sn/c2*3-2(4,5)1-8(6)7;/h2*1H2;/q2*-1;+2. The maximum absolute atomic E-state index is 10.9. The smallest absolute Gasteiger partial charge is 0.424 e. The Morgan fingerprint density at radius 3 is 0.824 bits per heavy atom. The molecule has 2 radical (unpaired) electrons. The van der Waals surface area contributed by atoms with E-state index < -0.39 is 45.3 Å². The minimum absolute atomic E-state index is 0. The van der Waals surface area contributed by atoms with Crippen molar-refractivity contribution in [1.82, 2.24) is 0 Å². The number of halogens is 6. The van der Waals surface area contributed by atoms with Crippen LogP contribution in [0.25, 0.3) is 0 Å². The van der Waals surface area contributed by atoms with Gasteiger partial charge in [-0.25, -0.2) is 0 Å². The molecule has 0 heterocycles. The molecule has 0 saturated heterocycles. The van der Waals surface area contributed by atoms with Crippen LogP contribution in [-0.2, 0) is 38.2 Å². The summed E-state index contributed by atoms with van der Waals surface area (Å²) in [5.74, 6) is -3.51. The first-order chi connectivity index (χ1) is 6.83. The van der Waals surface area contributed by atoms with Crippen molar-refractivity contribution in [2.75, 3.05) is 11.5 Å². The average Bonchev–Trinajstić information content (AvgIpc) is 1.72. The molecule has 0 aromatic carbocycles. The Kier molecular flexibility index (Phi) is 12.2. The van der Waals surface area contributed by atoms with Gasteiger partial charge < -0.3 is 16.8 Å². The zero-order valence-corrected chi connectivity index (χ0v) is 12.1. The number of rotatable bonds is 2. The molecule has 0 spiro atoms. The third-order valence-electron chi connectivity index (χ3n) is 0.563. The number of alkyl halides is 6. The summed E-state index contributed by atoms with van der Waals surface area (Å²) in [5.41, 5.74) is 0. The van der Waals surface area contributed by atoms with Crippen LogP contribution in [0.3, 0.4) is 0 Å². The van der Waals surface area contributed by atoms with Crippen molar-refractivity contribution in [3.63, 3.8) is 0 Å². The summed E-state index contributed by atoms with van der Waals surface area (Å²) in [4.78, 5) is 0. The molecule has 0 atom stereocenters. The third-order valence-corrected chi connectivity index (χ3v) is 1.69. The van der Waals surface area contributed by atoms with Crippen LogP contribution in [0.2, 0.25) is 0 Å². The van der Waals surface area contributed by atoms with E-state index in [1.165, 1.54) is 0 Å². The predicted octanol–water partition coefficient (Wildman–Crippen LogP) is 1.34. The first-order valence-electron chi connectivity index (χ1n) is 3.09. The van der Waals surface area contributed by atoms with Gasteiger partial charge in [0.05, 0.1) is 0 Å². The monoisotopic (exact) mass is 414 g/mol. The van der Waals surface area contributed by atoms with E-state index in [1.54, 1.807) is 0 Å². The Morgan fingerprint density at radius 1 is 0.647 bits per heavy atom. The van der Waals surface area contributed by atoms with Gasteiger partial charge in [0.25, 0.3) is 0 Å². The molecular weight excluding hydrogens is 409 g/mol. The summed E-state index contributed by atoms with van der Waals surface area (Å²) in [5, 5.41) is 0. The molecule has 0 aliphatic carbocycles. The third kappa shape index (κ3) is 31.4. The fourth-order valence-corrected chi connectivity index (χ4v) is 0.802. The van der Waals surface area contributed by atoms with Gasteiger partial charge in [-0.15, -0.1) is 0 Å². The van der Waals surface area contributed by atoms with E-state index >= 15 is 0 Å². The zero-order chi connectivity index (χ0) is 13.6. The largest absolute Gasteiger partial charge is 2.00 e. The van der Waals surface area contributed by atoms with Crippen molar-refractivity contribution in [3.05, 3.63) is 0 Å². The molecule has 13 heteroatoms. The molecule has 0 amide bonds. The van der Waals surface area contributed by atoms with Crippen LogP contribution >= 0.6 is 0 Å². The minimum Gasteiger partial charge on any atom is -0.424 e. The summed E-state index contributed by atoms with van der Waals surface area (Å²) in [6, 6.07) is 0. The molecule has 0 fully saturated rings. The van der Waals surface area contributed by atoms with Crippen LogP contribution in [-0.4, -0.2) is 47.8 Å². The van der Waals surface area contributed by atoms with Gasteiger partial charge in [0.1, 0.15) is 0 Å². The van der Waals surface area contributed by atoms with Crippen molar-refractivity contribution in [3.8, 4) is 0 Å². The molecule has 0 aromatic rings. The van der Waals surface area contributed by atoms with Gasteiger partial charge >= 0.3 is 36.3 Å². The van der Waals surface area contributed by atoms with Crippen molar-refractivity contribution in [1.29, 1.82) is 0 Å². The van der Waals surface area contributed by atoms with Gasteiger partial charge in [0, 0.05) is 11.5 Å². The van der Waals surface area contributed by atoms with Gasteiger partial charge in [0.2, 0.25) is 0 Å². The van der Waals surface area contributed by atoms with Crippen molar-refractivity contribution in [2.45, 2.75) is 12.4 Å². The summed E-state index contributed by atoms with van der Waals surface area (Å²) in [7, 11) is -6.02. The maximum Gasteiger partial charge on any atom is 2.00 e.